The van der Waals surface area contributed by atoms with E-state index in [2.05, 4.69) is 44.4 Å². The van der Waals surface area contributed by atoms with Crippen LogP contribution in [-0.4, -0.2) is 16.4 Å². The van der Waals surface area contributed by atoms with E-state index in [1.807, 2.05) is 0 Å². The molecular formula is C19H20N4O3S2. The van der Waals surface area contributed by atoms with Crippen LogP contribution in [0.25, 0.3) is 6.08 Å². The van der Waals surface area contributed by atoms with Gasteiger partial charge in [-0.05, 0) is 51.8 Å². The van der Waals surface area contributed by atoms with Crippen molar-refractivity contribution >= 4 is 44.7 Å². The second-order valence-corrected chi connectivity index (χ2v) is 9.91. The normalized spacial score (nSPS) is 17.1. The molecule has 0 atom stereocenters. The summed E-state index contributed by atoms with van der Waals surface area (Å²) in [6.45, 7) is 8.33. The topological polar surface area (TPSA) is 108 Å². The fourth-order valence-electron chi connectivity index (χ4n) is 3.58. The number of fused-ring (bicyclic) bond motifs is 1. The van der Waals surface area contributed by atoms with E-state index in [4.69, 9.17) is 0 Å². The molecule has 0 fully saturated rings. The summed E-state index contributed by atoms with van der Waals surface area (Å²) >= 11 is 2.41. The van der Waals surface area contributed by atoms with Crippen molar-refractivity contribution in [2.24, 2.45) is 0 Å². The number of amides is 1. The zero-order valence-electron chi connectivity index (χ0n) is 16.0. The van der Waals surface area contributed by atoms with Crippen LogP contribution >= 0.6 is 22.7 Å². The first-order valence-corrected chi connectivity index (χ1v) is 10.2. The Hall–Kier alpha value is -2.54. The van der Waals surface area contributed by atoms with Crippen LogP contribution < -0.4 is 10.6 Å². The molecule has 0 radical (unpaired) electrons. The van der Waals surface area contributed by atoms with E-state index in [0.717, 1.165) is 21.8 Å². The summed E-state index contributed by atoms with van der Waals surface area (Å²) < 4.78 is 0. The number of thiophene rings is 2. The van der Waals surface area contributed by atoms with Gasteiger partial charge in [-0.1, -0.05) is 11.3 Å². The Morgan fingerprint density at radius 2 is 2.07 bits per heavy atom. The lowest BCUT2D eigenvalue weighted by atomic mass is 9.81. The molecule has 1 aliphatic rings. The van der Waals surface area contributed by atoms with Gasteiger partial charge in [0.1, 0.15) is 11.1 Å². The summed E-state index contributed by atoms with van der Waals surface area (Å²) in [4.78, 5) is 24.3. The van der Waals surface area contributed by atoms with Crippen molar-refractivity contribution in [3.05, 3.63) is 49.2 Å². The quantitative estimate of drug-likeness (QED) is 0.436. The lowest BCUT2D eigenvalue weighted by Gasteiger charge is -2.42. The summed E-state index contributed by atoms with van der Waals surface area (Å²) in [5.74, 6) is -0.379. The van der Waals surface area contributed by atoms with Crippen LogP contribution in [0, 0.1) is 21.4 Å². The van der Waals surface area contributed by atoms with Gasteiger partial charge in [0.15, 0.2) is 0 Å². The predicted molar refractivity (Wildman–Crippen MR) is 112 cm³/mol. The van der Waals surface area contributed by atoms with Crippen LogP contribution in [0.4, 0.5) is 10.0 Å². The van der Waals surface area contributed by atoms with Gasteiger partial charge in [-0.25, -0.2) is 0 Å². The highest BCUT2D eigenvalue weighted by molar-refractivity contribution is 7.17. The summed E-state index contributed by atoms with van der Waals surface area (Å²) in [6, 6.07) is 5.24. The maximum absolute atomic E-state index is 12.4. The first kappa shape index (κ1) is 20.2. The van der Waals surface area contributed by atoms with Crippen molar-refractivity contribution in [2.45, 2.75) is 45.2 Å². The zero-order chi connectivity index (χ0) is 20.7. The summed E-state index contributed by atoms with van der Waals surface area (Å²) in [5.41, 5.74) is 1.03. The van der Waals surface area contributed by atoms with Crippen LogP contribution in [0.2, 0.25) is 0 Å². The number of carbonyl (C=O) groups is 1. The van der Waals surface area contributed by atoms with Crippen LogP contribution in [0.15, 0.2) is 18.2 Å². The monoisotopic (exact) mass is 416 g/mol. The first-order valence-electron chi connectivity index (χ1n) is 8.61. The van der Waals surface area contributed by atoms with Gasteiger partial charge >= 0.3 is 5.00 Å². The van der Waals surface area contributed by atoms with Gasteiger partial charge in [0.05, 0.1) is 10.5 Å². The third kappa shape index (κ3) is 3.99. The van der Waals surface area contributed by atoms with E-state index in [1.165, 1.54) is 29.6 Å². The first-order chi connectivity index (χ1) is 13.0. The number of carbonyl (C=O) groups excluding carboxylic acids is 1. The summed E-state index contributed by atoms with van der Waals surface area (Å²) in [6.07, 6.45) is 3.56. The molecule has 0 spiro atoms. The van der Waals surface area contributed by atoms with Gasteiger partial charge in [0.25, 0.3) is 0 Å². The Balaban J connectivity index is 1.84. The Morgan fingerprint density at radius 1 is 1.36 bits per heavy atom. The lowest BCUT2D eigenvalue weighted by molar-refractivity contribution is -0.380. The van der Waals surface area contributed by atoms with E-state index < -0.39 is 4.92 Å². The van der Waals surface area contributed by atoms with Crippen molar-refractivity contribution in [1.29, 1.82) is 5.26 Å². The smallest absolute Gasteiger partial charge is 0.313 e. The molecular weight excluding hydrogens is 396 g/mol. The highest BCUT2D eigenvalue weighted by atomic mass is 32.1. The SMILES string of the molecule is CC1(C)Cc2c(sc(NC(=O)C=Cc3ccc([N+](=O)[O-])s3)c2C#N)C(C)(C)N1. The average Bonchev–Trinajstić information content (AvgIpc) is 3.16. The minimum Gasteiger partial charge on any atom is -0.313 e. The maximum Gasteiger partial charge on any atom is 0.324 e. The molecule has 0 aliphatic carbocycles. The second kappa shape index (κ2) is 7.13. The molecule has 2 aromatic heterocycles. The number of anilines is 1. The van der Waals surface area contributed by atoms with Gasteiger partial charge in [0, 0.05) is 33.0 Å². The fraction of sp³-hybridized carbons (Fsp3) is 0.368. The van der Waals surface area contributed by atoms with Crippen LogP contribution in [-0.2, 0) is 16.8 Å². The highest BCUT2D eigenvalue weighted by Gasteiger charge is 2.40. The Labute approximate surface area is 170 Å². The number of hydrogen-bond donors (Lipinski definition) is 2. The van der Waals surface area contributed by atoms with Crippen molar-refractivity contribution in [1.82, 2.24) is 5.32 Å². The van der Waals surface area contributed by atoms with Crippen molar-refractivity contribution in [2.75, 3.05) is 5.32 Å². The molecule has 7 nitrogen and oxygen atoms in total. The largest absolute Gasteiger partial charge is 0.324 e. The van der Waals surface area contributed by atoms with Crippen LogP contribution in [0.3, 0.4) is 0 Å². The van der Waals surface area contributed by atoms with Gasteiger partial charge in [0.2, 0.25) is 5.91 Å². The van der Waals surface area contributed by atoms with Crippen LogP contribution in [0.5, 0.6) is 0 Å². The molecule has 1 aliphatic heterocycles. The zero-order valence-corrected chi connectivity index (χ0v) is 17.6. The molecule has 2 aromatic rings. The summed E-state index contributed by atoms with van der Waals surface area (Å²) in [5, 5.41) is 27.4. The van der Waals surface area contributed by atoms with Gasteiger partial charge in [-0.15, -0.1) is 11.3 Å². The van der Waals surface area contributed by atoms with E-state index in [0.29, 0.717) is 21.9 Å². The molecule has 9 heteroatoms. The molecule has 0 saturated carbocycles. The van der Waals surface area contributed by atoms with Gasteiger partial charge in [-0.2, -0.15) is 5.26 Å². The molecule has 146 valence electrons. The van der Waals surface area contributed by atoms with E-state index >= 15 is 0 Å². The molecule has 0 unspecified atom stereocenters. The molecule has 3 heterocycles. The number of nitrogens with zero attached hydrogens (tertiary/aromatic N) is 2. The van der Waals surface area contributed by atoms with Gasteiger partial charge < -0.3 is 10.6 Å². The van der Waals surface area contributed by atoms with E-state index in [1.54, 1.807) is 6.07 Å². The highest BCUT2D eigenvalue weighted by Crippen LogP contribution is 2.44. The molecule has 0 bridgehead atoms. The molecule has 0 saturated heterocycles. The maximum atomic E-state index is 12.4. The summed E-state index contributed by atoms with van der Waals surface area (Å²) in [7, 11) is 0. The lowest BCUT2D eigenvalue weighted by Crippen LogP contribution is -2.54. The van der Waals surface area contributed by atoms with Crippen molar-refractivity contribution < 1.29 is 9.72 Å². The number of nitro groups is 1. The second-order valence-electron chi connectivity index (χ2n) is 7.79. The fourth-order valence-corrected chi connectivity index (χ4v) is 5.53. The molecule has 0 aromatic carbocycles. The third-order valence-corrected chi connectivity index (χ3v) is 6.86. The number of hydrogen-bond acceptors (Lipinski definition) is 7. The molecule has 1 amide bonds. The van der Waals surface area contributed by atoms with E-state index in [9.17, 15) is 20.2 Å². The molecule has 28 heavy (non-hydrogen) atoms. The van der Waals surface area contributed by atoms with Crippen molar-refractivity contribution in [3.63, 3.8) is 0 Å². The number of rotatable bonds is 4. The van der Waals surface area contributed by atoms with Gasteiger partial charge in [-0.3, -0.25) is 14.9 Å². The minimum absolute atomic E-state index is 0.0232. The molecule has 3 rings (SSSR count). The van der Waals surface area contributed by atoms with Crippen molar-refractivity contribution in [3.8, 4) is 6.07 Å². The number of nitrogens with one attached hydrogen (secondary N) is 2. The van der Waals surface area contributed by atoms with Crippen LogP contribution in [0.1, 0.15) is 48.6 Å². The van der Waals surface area contributed by atoms with E-state index in [-0.39, 0.29) is 22.0 Å². The third-order valence-electron chi connectivity index (χ3n) is 4.38. The number of nitriles is 1. The predicted octanol–water partition coefficient (Wildman–Crippen LogP) is 4.40. The Morgan fingerprint density at radius 3 is 2.68 bits per heavy atom. The Bertz CT molecular complexity index is 1020. The minimum atomic E-state index is -0.464. The Kier molecular flexibility index (Phi) is 5.14. The average molecular weight is 417 g/mol. The standard InChI is InChI=1S/C19H20N4O3S2/c1-18(2)9-12-13(10-20)17(28-16(12)19(3,4)22-18)21-14(24)7-5-11-6-8-15(27-11)23(25)26/h5-8,22H,9H2,1-4H3,(H,21,24). The molecule has 2 N–H and O–H groups in total.